The smallest absolute Gasteiger partial charge is 0.355 e. The highest BCUT2D eigenvalue weighted by atomic mass is 19.4. The van der Waals surface area contributed by atoms with Crippen LogP contribution in [0.3, 0.4) is 0 Å². The molecule has 2 fully saturated rings. The van der Waals surface area contributed by atoms with E-state index in [0.29, 0.717) is 30.6 Å². The number of amides is 2. The monoisotopic (exact) mass is 523 g/mol. The van der Waals surface area contributed by atoms with E-state index in [1.54, 1.807) is 0 Å². The molecule has 1 unspecified atom stereocenters. The normalized spacial score (nSPS) is 19.0. The van der Waals surface area contributed by atoms with Gasteiger partial charge in [-0.15, -0.1) is 0 Å². The lowest BCUT2D eigenvalue weighted by molar-refractivity contribution is -0.143. The van der Waals surface area contributed by atoms with Crippen LogP contribution in [0.2, 0.25) is 0 Å². The van der Waals surface area contributed by atoms with Crippen LogP contribution in [0.1, 0.15) is 79.8 Å². The fourth-order valence-corrected chi connectivity index (χ4v) is 4.69. The van der Waals surface area contributed by atoms with Crippen LogP contribution >= 0.6 is 0 Å². The number of halogens is 6. The van der Waals surface area contributed by atoms with E-state index in [-0.39, 0.29) is 6.07 Å². The van der Waals surface area contributed by atoms with Crippen molar-refractivity contribution < 1.29 is 35.9 Å². The van der Waals surface area contributed by atoms with Gasteiger partial charge in [0.2, 0.25) is 5.91 Å². The molecule has 0 radical (unpaired) electrons. The minimum atomic E-state index is -4.95. The number of hydrogen-bond acceptors (Lipinski definition) is 3. The Morgan fingerprint density at radius 1 is 0.917 bits per heavy atom. The first-order valence-corrected chi connectivity index (χ1v) is 12.4. The number of hydrogen-bond donors (Lipinski definition) is 2. The van der Waals surface area contributed by atoms with Crippen LogP contribution < -0.4 is 10.6 Å². The van der Waals surface area contributed by atoms with E-state index >= 15 is 0 Å². The molecule has 11 heteroatoms. The Morgan fingerprint density at radius 2 is 1.50 bits per heavy atom. The van der Waals surface area contributed by atoms with Gasteiger partial charge >= 0.3 is 12.4 Å². The summed E-state index contributed by atoms with van der Waals surface area (Å²) in [6.45, 7) is 4.75. The minimum absolute atomic E-state index is 0.0353. The molecule has 0 spiro atoms. The molecular formula is C25H35F6N3O2. The van der Waals surface area contributed by atoms with Gasteiger partial charge in [-0.05, 0) is 62.8 Å². The van der Waals surface area contributed by atoms with Crippen molar-refractivity contribution in [1.82, 2.24) is 15.5 Å². The first kappa shape index (κ1) is 29.9. The van der Waals surface area contributed by atoms with Gasteiger partial charge in [-0.1, -0.05) is 26.2 Å². The Bertz CT molecular complexity index is 834. The molecule has 1 aliphatic heterocycles. The predicted octanol–water partition coefficient (Wildman–Crippen LogP) is 5.64. The Hall–Kier alpha value is -2.30. The molecule has 0 bridgehead atoms. The summed E-state index contributed by atoms with van der Waals surface area (Å²) in [5.74, 6) is 0.105. The zero-order valence-electron chi connectivity index (χ0n) is 20.7. The number of benzene rings is 1. The Balaban J connectivity index is 0.000000254. The number of alkyl halides is 6. The average molecular weight is 524 g/mol. The molecule has 3 rings (SSSR count). The van der Waals surface area contributed by atoms with Crippen molar-refractivity contribution in [2.45, 2.75) is 76.7 Å². The van der Waals surface area contributed by atoms with Crippen LogP contribution in [0.25, 0.3) is 0 Å². The van der Waals surface area contributed by atoms with Gasteiger partial charge in [0.05, 0.1) is 17.7 Å². The van der Waals surface area contributed by atoms with E-state index < -0.39 is 35.0 Å². The summed E-state index contributed by atoms with van der Waals surface area (Å²) >= 11 is 0. The van der Waals surface area contributed by atoms with Crippen LogP contribution in [-0.4, -0.2) is 49.4 Å². The van der Waals surface area contributed by atoms with E-state index in [1.807, 2.05) is 5.32 Å². The summed E-state index contributed by atoms with van der Waals surface area (Å²) in [7, 11) is 1.11. The molecule has 1 atom stereocenters. The van der Waals surface area contributed by atoms with Crippen LogP contribution in [0.15, 0.2) is 18.2 Å². The Kier molecular flexibility index (Phi) is 11.1. The lowest BCUT2D eigenvalue weighted by Gasteiger charge is -2.25. The molecule has 1 aromatic carbocycles. The van der Waals surface area contributed by atoms with Crippen LogP contribution in [0, 0.1) is 5.92 Å². The van der Waals surface area contributed by atoms with Crippen molar-refractivity contribution in [2.24, 2.45) is 5.92 Å². The van der Waals surface area contributed by atoms with Gasteiger partial charge < -0.3 is 15.5 Å². The van der Waals surface area contributed by atoms with Gasteiger partial charge in [-0.3, -0.25) is 9.59 Å². The Labute approximate surface area is 208 Å². The second-order valence-corrected chi connectivity index (χ2v) is 9.30. The van der Waals surface area contributed by atoms with Crippen LogP contribution in [0.4, 0.5) is 26.3 Å². The number of carbonyl (C=O) groups is 2. The number of carbonyl (C=O) groups excluding carboxylic acids is 2. The Morgan fingerprint density at radius 3 is 2.00 bits per heavy atom. The van der Waals surface area contributed by atoms with Crippen molar-refractivity contribution in [3.8, 4) is 0 Å². The van der Waals surface area contributed by atoms with Crippen LogP contribution in [0.5, 0.6) is 0 Å². The SMILES string of the molecule is CCC1CCCN1C(=O)CNCC1CCCCC1.CNC(=O)c1cc(C(F)(F)F)cc(C(F)(F)F)c1. The van der Waals surface area contributed by atoms with Crippen molar-refractivity contribution in [2.75, 3.05) is 26.7 Å². The zero-order valence-corrected chi connectivity index (χ0v) is 20.7. The van der Waals surface area contributed by atoms with Gasteiger partial charge in [-0.2, -0.15) is 26.3 Å². The standard InChI is InChI=1S/C15H28N2O.C10H7F6NO/c1-2-14-9-6-10-17(14)15(18)12-16-11-13-7-4-3-5-8-13;1-17-8(18)5-2-6(9(11,12)13)4-7(3-5)10(14,15)16/h13-14,16H,2-12H2,1H3;2-4H,1H3,(H,17,18). The molecule has 0 aromatic heterocycles. The molecule has 1 aliphatic carbocycles. The van der Waals surface area contributed by atoms with Gasteiger partial charge in [0.1, 0.15) is 0 Å². The van der Waals surface area contributed by atoms with Crippen molar-refractivity contribution in [3.63, 3.8) is 0 Å². The first-order valence-electron chi connectivity index (χ1n) is 12.4. The molecule has 2 N–H and O–H groups in total. The topological polar surface area (TPSA) is 61.4 Å². The van der Waals surface area contributed by atoms with Gasteiger partial charge in [0, 0.05) is 25.2 Å². The number of rotatable bonds is 6. The molecule has 2 amide bonds. The summed E-state index contributed by atoms with van der Waals surface area (Å²) < 4.78 is 74.4. The van der Waals surface area contributed by atoms with Crippen LogP contribution in [-0.2, 0) is 17.1 Å². The zero-order chi connectivity index (χ0) is 26.9. The van der Waals surface area contributed by atoms with Crippen molar-refractivity contribution in [3.05, 3.63) is 34.9 Å². The maximum Gasteiger partial charge on any atom is 0.416 e. The van der Waals surface area contributed by atoms with E-state index in [4.69, 9.17) is 0 Å². The molecule has 2 aliphatic rings. The lowest BCUT2D eigenvalue weighted by atomic mass is 9.89. The number of likely N-dealkylation sites (tertiary alicyclic amines) is 1. The highest BCUT2D eigenvalue weighted by molar-refractivity contribution is 5.94. The second-order valence-electron chi connectivity index (χ2n) is 9.30. The third-order valence-corrected chi connectivity index (χ3v) is 6.68. The average Bonchev–Trinajstić information content (AvgIpc) is 3.32. The van der Waals surface area contributed by atoms with E-state index in [1.165, 1.54) is 44.9 Å². The molecular weight excluding hydrogens is 488 g/mol. The summed E-state index contributed by atoms with van der Waals surface area (Å²) in [4.78, 5) is 25.3. The second kappa shape index (κ2) is 13.3. The van der Waals surface area contributed by atoms with E-state index in [9.17, 15) is 35.9 Å². The molecule has 5 nitrogen and oxygen atoms in total. The fourth-order valence-electron chi connectivity index (χ4n) is 4.69. The molecule has 36 heavy (non-hydrogen) atoms. The summed E-state index contributed by atoms with van der Waals surface area (Å²) in [5, 5.41) is 5.35. The molecule has 1 aromatic rings. The fraction of sp³-hybridized carbons (Fsp3) is 0.680. The maximum absolute atomic E-state index is 12.4. The molecule has 204 valence electrons. The third kappa shape index (κ3) is 8.97. The van der Waals surface area contributed by atoms with Gasteiger partial charge in [0.15, 0.2) is 0 Å². The van der Waals surface area contributed by atoms with Gasteiger partial charge in [-0.25, -0.2) is 0 Å². The largest absolute Gasteiger partial charge is 0.416 e. The van der Waals surface area contributed by atoms with E-state index in [0.717, 1.165) is 32.5 Å². The maximum atomic E-state index is 12.4. The van der Waals surface area contributed by atoms with Gasteiger partial charge in [0.25, 0.3) is 5.91 Å². The first-order chi connectivity index (χ1) is 16.9. The predicted molar refractivity (Wildman–Crippen MR) is 124 cm³/mol. The summed E-state index contributed by atoms with van der Waals surface area (Å²) in [6.07, 6.45) is 0.446. The van der Waals surface area contributed by atoms with Crippen molar-refractivity contribution >= 4 is 11.8 Å². The third-order valence-electron chi connectivity index (χ3n) is 6.68. The lowest BCUT2D eigenvalue weighted by Crippen LogP contribution is -2.42. The highest BCUT2D eigenvalue weighted by Crippen LogP contribution is 2.36. The minimum Gasteiger partial charge on any atom is -0.355 e. The number of nitrogens with zero attached hydrogens (tertiary/aromatic N) is 1. The summed E-state index contributed by atoms with van der Waals surface area (Å²) in [5.41, 5.74) is -3.73. The molecule has 1 heterocycles. The quantitative estimate of drug-likeness (QED) is 0.475. The van der Waals surface area contributed by atoms with Crippen molar-refractivity contribution in [1.29, 1.82) is 0 Å². The summed E-state index contributed by atoms with van der Waals surface area (Å²) in [6, 6.07) is 1.21. The number of nitrogens with one attached hydrogen (secondary N) is 2. The molecule has 1 saturated heterocycles. The van der Waals surface area contributed by atoms with E-state index in [2.05, 4.69) is 17.1 Å². The highest BCUT2D eigenvalue weighted by Gasteiger charge is 2.37. The molecule has 1 saturated carbocycles.